The van der Waals surface area contributed by atoms with E-state index < -0.39 is 18.1 Å². The molecule has 0 aromatic carbocycles. The highest BCUT2D eigenvalue weighted by Gasteiger charge is 2.35. The summed E-state index contributed by atoms with van der Waals surface area (Å²) in [6, 6.07) is -1.63. The van der Waals surface area contributed by atoms with Crippen LogP contribution in [0.3, 0.4) is 0 Å². The van der Waals surface area contributed by atoms with Crippen molar-refractivity contribution in [1.29, 1.82) is 0 Å². The zero-order chi connectivity index (χ0) is 17.0. The molecule has 2 aliphatic rings. The number of carbonyl (C=O) groups is 4. The number of nitrogens with one attached hydrogen (secondary N) is 4. The predicted octanol–water partition coefficient (Wildman–Crippen LogP) is -1.38. The van der Waals surface area contributed by atoms with Crippen molar-refractivity contribution >= 4 is 45.2 Å². The fourth-order valence-corrected chi connectivity index (χ4v) is 4.51. The SMILES string of the molecule is CC(C)[C@@H]1NC(=O)[C@@H](CSSC[C@@H]2NC(=O)CNC2=O)NC1=O. The smallest absolute Gasteiger partial charge is 0.244 e. The number of hydrogen-bond donors (Lipinski definition) is 4. The summed E-state index contributed by atoms with van der Waals surface area (Å²) in [6.07, 6.45) is 0. The van der Waals surface area contributed by atoms with E-state index in [1.807, 2.05) is 13.8 Å². The van der Waals surface area contributed by atoms with E-state index in [2.05, 4.69) is 21.3 Å². The van der Waals surface area contributed by atoms with Gasteiger partial charge in [-0.1, -0.05) is 35.4 Å². The van der Waals surface area contributed by atoms with Gasteiger partial charge in [-0.25, -0.2) is 0 Å². The molecule has 0 aromatic heterocycles. The van der Waals surface area contributed by atoms with Crippen molar-refractivity contribution < 1.29 is 19.2 Å². The van der Waals surface area contributed by atoms with Gasteiger partial charge in [-0.15, -0.1) is 0 Å². The molecular formula is C13H20N4O4S2. The minimum atomic E-state index is -0.579. The van der Waals surface area contributed by atoms with E-state index in [1.165, 1.54) is 21.6 Å². The molecule has 0 radical (unpaired) electrons. The zero-order valence-electron chi connectivity index (χ0n) is 12.9. The number of amides is 4. The summed E-state index contributed by atoms with van der Waals surface area (Å²) in [6.45, 7) is 3.76. The van der Waals surface area contributed by atoms with E-state index in [1.54, 1.807) is 0 Å². The second-order valence-corrected chi connectivity index (χ2v) is 8.25. The second-order valence-electron chi connectivity index (χ2n) is 5.70. The molecule has 0 aromatic rings. The molecule has 2 saturated heterocycles. The maximum Gasteiger partial charge on any atom is 0.244 e. The van der Waals surface area contributed by atoms with Crippen molar-refractivity contribution in [2.24, 2.45) is 5.92 Å². The van der Waals surface area contributed by atoms with Crippen LogP contribution in [0, 0.1) is 5.92 Å². The van der Waals surface area contributed by atoms with E-state index in [-0.39, 0.29) is 36.1 Å². The van der Waals surface area contributed by atoms with Gasteiger partial charge in [0.25, 0.3) is 0 Å². The van der Waals surface area contributed by atoms with Gasteiger partial charge in [0.2, 0.25) is 23.6 Å². The lowest BCUT2D eigenvalue weighted by Crippen LogP contribution is -2.63. The molecule has 2 rings (SSSR count). The number of piperazine rings is 2. The largest absolute Gasteiger partial charge is 0.345 e. The predicted molar refractivity (Wildman–Crippen MR) is 88.6 cm³/mol. The molecule has 0 saturated carbocycles. The minimum Gasteiger partial charge on any atom is -0.345 e. The Bertz CT molecular complexity index is 514. The van der Waals surface area contributed by atoms with E-state index in [0.29, 0.717) is 11.5 Å². The number of carbonyl (C=O) groups excluding carboxylic acids is 4. The van der Waals surface area contributed by atoms with E-state index >= 15 is 0 Å². The first kappa shape index (κ1) is 17.9. The Balaban J connectivity index is 1.72. The first-order valence-electron chi connectivity index (χ1n) is 7.30. The van der Waals surface area contributed by atoms with Crippen molar-refractivity contribution in [1.82, 2.24) is 21.3 Å². The van der Waals surface area contributed by atoms with Crippen molar-refractivity contribution in [2.45, 2.75) is 32.0 Å². The third-order valence-corrected chi connectivity index (χ3v) is 5.93. The monoisotopic (exact) mass is 360 g/mol. The van der Waals surface area contributed by atoms with Crippen LogP contribution in [-0.2, 0) is 19.2 Å². The summed E-state index contributed by atoms with van der Waals surface area (Å²) >= 11 is 0. The standard InChI is InChI=1S/C13H20N4O4S2/c1-6(2)10-13(21)16-8(12(20)17-10)5-23-22-4-7-11(19)14-3-9(18)15-7/h6-8,10H,3-5H2,1-2H3,(H,14,19)(H,15,18)(H,16,21)(H,17,20)/t7-,8+,10-/m0/s1. The van der Waals surface area contributed by atoms with Gasteiger partial charge in [-0.2, -0.15) is 0 Å². The van der Waals surface area contributed by atoms with Crippen LogP contribution in [0.25, 0.3) is 0 Å². The van der Waals surface area contributed by atoms with Gasteiger partial charge in [0, 0.05) is 11.5 Å². The molecule has 4 amide bonds. The Hall–Kier alpha value is -1.42. The van der Waals surface area contributed by atoms with Gasteiger partial charge in [0.15, 0.2) is 0 Å². The highest BCUT2D eigenvalue weighted by atomic mass is 33.1. The molecule has 23 heavy (non-hydrogen) atoms. The van der Waals surface area contributed by atoms with Gasteiger partial charge >= 0.3 is 0 Å². The third-order valence-electron chi connectivity index (χ3n) is 3.51. The molecule has 10 heteroatoms. The van der Waals surface area contributed by atoms with E-state index in [0.717, 1.165) is 0 Å². The van der Waals surface area contributed by atoms with Crippen LogP contribution in [0.15, 0.2) is 0 Å². The Morgan fingerprint density at radius 2 is 1.52 bits per heavy atom. The van der Waals surface area contributed by atoms with Crippen LogP contribution in [0.1, 0.15) is 13.8 Å². The summed E-state index contributed by atoms with van der Waals surface area (Å²) in [7, 11) is 2.76. The second kappa shape index (κ2) is 7.91. The summed E-state index contributed by atoms with van der Waals surface area (Å²) in [5, 5.41) is 10.6. The highest BCUT2D eigenvalue weighted by molar-refractivity contribution is 8.76. The topological polar surface area (TPSA) is 116 Å². The van der Waals surface area contributed by atoms with Crippen molar-refractivity contribution in [3.8, 4) is 0 Å². The van der Waals surface area contributed by atoms with Crippen LogP contribution in [0.4, 0.5) is 0 Å². The van der Waals surface area contributed by atoms with Crippen molar-refractivity contribution in [2.75, 3.05) is 18.1 Å². The molecule has 0 aliphatic carbocycles. The van der Waals surface area contributed by atoms with Gasteiger partial charge < -0.3 is 21.3 Å². The summed E-state index contributed by atoms with van der Waals surface area (Å²) in [5.41, 5.74) is 0. The fraction of sp³-hybridized carbons (Fsp3) is 0.692. The third kappa shape index (κ3) is 4.77. The lowest BCUT2D eigenvalue weighted by molar-refractivity contribution is -0.137. The van der Waals surface area contributed by atoms with Gasteiger partial charge in [0.1, 0.15) is 18.1 Å². The average molecular weight is 360 g/mol. The Morgan fingerprint density at radius 3 is 2.13 bits per heavy atom. The maximum atomic E-state index is 12.0. The summed E-state index contributed by atoms with van der Waals surface area (Å²) in [5.74, 6) is 0.0544. The molecule has 0 bridgehead atoms. The summed E-state index contributed by atoms with van der Waals surface area (Å²) < 4.78 is 0. The highest BCUT2D eigenvalue weighted by Crippen LogP contribution is 2.24. The minimum absolute atomic E-state index is 0.0123. The molecule has 4 N–H and O–H groups in total. The fourth-order valence-electron chi connectivity index (χ4n) is 2.18. The van der Waals surface area contributed by atoms with E-state index in [9.17, 15) is 19.2 Å². The molecule has 0 spiro atoms. The molecular weight excluding hydrogens is 340 g/mol. The maximum absolute atomic E-state index is 12.0. The Morgan fingerprint density at radius 1 is 0.913 bits per heavy atom. The lowest BCUT2D eigenvalue weighted by atomic mass is 10.0. The molecule has 8 nitrogen and oxygen atoms in total. The van der Waals surface area contributed by atoms with Crippen LogP contribution < -0.4 is 21.3 Å². The summed E-state index contributed by atoms with van der Waals surface area (Å²) in [4.78, 5) is 46.7. The first-order chi connectivity index (χ1) is 10.9. The van der Waals surface area contributed by atoms with Gasteiger partial charge in [0.05, 0.1) is 6.54 Å². The van der Waals surface area contributed by atoms with Crippen molar-refractivity contribution in [3.63, 3.8) is 0 Å². The van der Waals surface area contributed by atoms with Crippen molar-refractivity contribution in [3.05, 3.63) is 0 Å². The van der Waals surface area contributed by atoms with Crippen LogP contribution in [0.5, 0.6) is 0 Å². The van der Waals surface area contributed by atoms with Crippen LogP contribution in [0.2, 0.25) is 0 Å². The molecule has 2 fully saturated rings. The quantitative estimate of drug-likeness (QED) is 0.343. The molecule has 0 unspecified atom stereocenters. The first-order valence-corrected chi connectivity index (χ1v) is 9.79. The van der Waals surface area contributed by atoms with Gasteiger partial charge in [-0.3, -0.25) is 19.2 Å². The molecule has 128 valence electrons. The normalized spacial score (nSPS) is 28.0. The Labute approximate surface area is 142 Å². The average Bonchev–Trinajstić information content (AvgIpc) is 2.49. The van der Waals surface area contributed by atoms with Gasteiger partial charge in [-0.05, 0) is 5.92 Å². The van der Waals surface area contributed by atoms with E-state index in [4.69, 9.17) is 0 Å². The zero-order valence-corrected chi connectivity index (χ0v) is 14.5. The van der Waals surface area contributed by atoms with Crippen LogP contribution >= 0.6 is 21.6 Å². The Kier molecular flexibility index (Phi) is 6.17. The number of hydrogen-bond acceptors (Lipinski definition) is 6. The molecule has 2 aliphatic heterocycles. The molecule has 2 heterocycles. The van der Waals surface area contributed by atoms with Crippen LogP contribution in [-0.4, -0.2) is 59.8 Å². The lowest BCUT2D eigenvalue weighted by Gasteiger charge is -2.31. The molecule has 3 atom stereocenters. The number of rotatable bonds is 6.